The van der Waals surface area contributed by atoms with Crippen LogP contribution in [0.3, 0.4) is 0 Å². The summed E-state index contributed by atoms with van der Waals surface area (Å²) >= 11 is 0. The van der Waals surface area contributed by atoms with Gasteiger partial charge in [-0.1, -0.05) is 12.1 Å². The van der Waals surface area contributed by atoms with Crippen LogP contribution < -0.4 is 10.1 Å². The first-order valence-electron chi connectivity index (χ1n) is 7.23. The summed E-state index contributed by atoms with van der Waals surface area (Å²) in [5.74, 6) is 0.952. The second-order valence-corrected chi connectivity index (χ2v) is 5.52. The van der Waals surface area contributed by atoms with E-state index in [0.717, 1.165) is 32.1 Å². The second-order valence-electron chi connectivity index (χ2n) is 5.52. The minimum Gasteiger partial charge on any atom is -0.435 e. The molecule has 1 saturated heterocycles. The van der Waals surface area contributed by atoms with Crippen molar-refractivity contribution in [3.05, 3.63) is 29.8 Å². The molecule has 5 heteroatoms. The van der Waals surface area contributed by atoms with Gasteiger partial charge in [0.2, 0.25) is 0 Å². The standard InChI is InChI=1S/C15H20F2N2O/c16-15(17)20-13-5-3-12(4-6-13)14(11-1-2-11)19-9-7-18-8-10-19/h3-6,11,14-15,18H,1-2,7-10H2/t14-/m0/s1. The van der Waals surface area contributed by atoms with Crippen LogP contribution in [0, 0.1) is 5.92 Å². The molecule has 0 unspecified atom stereocenters. The molecule has 3 nitrogen and oxygen atoms in total. The molecule has 1 aromatic carbocycles. The number of nitrogens with zero attached hydrogens (tertiary/aromatic N) is 1. The Kier molecular flexibility index (Phi) is 4.17. The molecule has 0 aromatic heterocycles. The van der Waals surface area contributed by atoms with Gasteiger partial charge in [0.25, 0.3) is 0 Å². The molecule has 1 N–H and O–H groups in total. The molecule has 2 fully saturated rings. The molecular formula is C15H20F2N2O. The largest absolute Gasteiger partial charge is 0.435 e. The van der Waals surface area contributed by atoms with Gasteiger partial charge in [-0.2, -0.15) is 8.78 Å². The van der Waals surface area contributed by atoms with Crippen molar-refractivity contribution in [3.63, 3.8) is 0 Å². The van der Waals surface area contributed by atoms with E-state index in [-0.39, 0.29) is 5.75 Å². The van der Waals surface area contributed by atoms with Gasteiger partial charge in [0, 0.05) is 32.2 Å². The fourth-order valence-corrected chi connectivity index (χ4v) is 3.00. The molecule has 0 spiro atoms. The van der Waals surface area contributed by atoms with Gasteiger partial charge >= 0.3 is 6.61 Å². The highest BCUT2D eigenvalue weighted by Gasteiger charge is 2.36. The van der Waals surface area contributed by atoms with E-state index >= 15 is 0 Å². The van der Waals surface area contributed by atoms with Crippen LogP contribution in [-0.2, 0) is 0 Å². The smallest absolute Gasteiger partial charge is 0.387 e. The van der Waals surface area contributed by atoms with Crippen LogP contribution in [0.2, 0.25) is 0 Å². The van der Waals surface area contributed by atoms with E-state index < -0.39 is 6.61 Å². The van der Waals surface area contributed by atoms with Crippen LogP contribution >= 0.6 is 0 Å². The average molecular weight is 282 g/mol. The first-order chi connectivity index (χ1) is 9.74. The zero-order valence-electron chi connectivity index (χ0n) is 11.4. The Morgan fingerprint density at radius 2 is 1.75 bits per heavy atom. The first kappa shape index (κ1) is 13.8. The Labute approximate surface area is 117 Å². The van der Waals surface area contributed by atoms with E-state index in [0.29, 0.717) is 6.04 Å². The first-order valence-corrected chi connectivity index (χ1v) is 7.23. The molecule has 0 bridgehead atoms. The fraction of sp³-hybridized carbons (Fsp3) is 0.600. The number of ether oxygens (including phenoxy) is 1. The molecule has 1 aliphatic carbocycles. The maximum absolute atomic E-state index is 12.2. The van der Waals surface area contributed by atoms with Gasteiger partial charge in [-0.15, -0.1) is 0 Å². The summed E-state index contributed by atoms with van der Waals surface area (Å²) in [6.07, 6.45) is 2.54. The highest BCUT2D eigenvalue weighted by atomic mass is 19.3. The molecular weight excluding hydrogens is 262 g/mol. The van der Waals surface area contributed by atoms with Crippen LogP contribution in [0.25, 0.3) is 0 Å². The van der Waals surface area contributed by atoms with E-state index in [4.69, 9.17) is 0 Å². The van der Waals surface area contributed by atoms with Crippen molar-refractivity contribution in [3.8, 4) is 5.75 Å². The van der Waals surface area contributed by atoms with Crippen LogP contribution in [0.1, 0.15) is 24.4 Å². The SMILES string of the molecule is FC(F)Oc1ccc([C@H](C2CC2)N2CCNCC2)cc1. The molecule has 1 saturated carbocycles. The summed E-state index contributed by atoms with van der Waals surface area (Å²) < 4.78 is 28.8. The van der Waals surface area contributed by atoms with E-state index in [1.54, 1.807) is 12.1 Å². The third-order valence-electron chi connectivity index (χ3n) is 4.06. The molecule has 3 rings (SSSR count). The van der Waals surface area contributed by atoms with Crippen LogP contribution in [0.15, 0.2) is 24.3 Å². The van der Waals surface area contributed by atoms with E-state index in [2.05, 4.69) is 15.0 Å². The van der Waals surface area contributed by atoms with Crippen molar-refractivity contribution < 1.29 is 13.5 Å². The highest BCUT2D eigenvalue weighted by Crippen LogP contribution is 2.44. The predicted octanol–water partition coefficient (Wildman–Crippen LogP) is 2.64. The topological polar surface area (TPSA) is 24.5 Å². The lowest BCUT2D eigenvalue weighted by Gasteiger charge is -2.35. The lowest BCUT2D eigenvalue weighted by molar-refractivity contribution is -0.0498. The Hall–Kier alpha value is -1.20. The maximum atomic E-state index is 12.2. The van der Waals surface area contributed by atoms with Gasteiger partial charge in [-0.05, 0) is 36.5 Å². The second kappa shape index (κ2) is 6.06. The Morgan fingerprint density at radius 1 is 1.10 bits per heavy atom. The van der Waals surface area contributed by atoms with Crippen LogP contribution in [0.5, 0.6) is 5.75 Å². The van der Waals surface area contributed by atoms with Crippen molar-refractivity contribution in [2.24, 2.45) is 5.92 Å². The molecule has 1 aromatic rings. The number of halogens is 2. The lowest BCUT2D eigenvalue weighted by Crippen LogP contribution is -2.45. The van der Waals surface area contributed by atoms with E-state index in [1.165, 1.54) is 18.4 Å². The zero-order valence-corrected chi connectivity index (χ0v) is 11.4. The predicted molar refractivity (Wildman–Crippen MR) is 73.0 cm³/mol. The lowest BCUT2D eigenvalue weighted by atomic mass is 9.99. The van der Waals surface area contributed by atoms with E-state index in [9.17, 15) is 8.78 Å². The van der Waals surface area contributed by atoms with Gasteiger partial charge in [0.15, 0.2) is 0 Å². The van der Waals surface area contributed by atoms with Gasteiger partial charge < -0.3 is 10.1 Å². The van der Waals surface area contributed by atoms with E-state index in [1.807, 2.05) is 12.1 Å². The van der Waals surface area contributed by atoms with Crippen LogP contribution in [-0.4, -0.2) is 37.7 Å². The summed E-state index contributed by atoms with van der Waals surface area (Å²) in [5.41, 5.74) is 1.22. The molecule has 1 atom stereocenters. The minimum atomic E-state index is -2.76. The van der Waals surface area contributed by atoms with Crippen molar-refractivity contribution >= 4 is 0 Å². The number of hydrogen-bond acceptors (Lipinski definition) is 3. The number of benzene rings is 1. The number of nitrogens with one attached hydrogen (secondary N) is 1. The van der Waals surface area contributed by atoms with Gasteiger partial charge in [0.05, 0.1) is 0 Å². The monoisotopic (exact) mass is 282 g/mol. The Balaban J connectivity index is 1.73. The van der Waals surface area contributed by atoms with Crippen LogP contribution in [0.4, 0.5) is 8.78 Å². The fourth-order valence-electron chi connectivity index (χ4n) is 3.00. The summed E-state index contributed by atoms with van der Waals surface area (Å²) in [7, 11) is 0. The van der Waals surface area contributed by atoms with Gasteiger partial charge in [-0.25, -0.2) is 0 Å². The minimum absolute atomic E-state index is 0.235. The van der Waals surface area contributed by atoms with Gasteiger partial charge in [-0.3, -0.25) is 4.90 Å². The molecule has 0 radical (unpaired) electrons. The summed E-state index contributed by atoms with van der Waals surface area (Å²) in [5, 5.41) is 3.37. The van der Waals surface area contributed by atoms with Crippen molar-refractivity contribution in [2.75, 3.05) is 26.2 Å². The summed E-state index contributed by atoms with van der Waals surface area (Å²) in [6.45, 7) is 1.40. The molecule has 20 heavy (non-hydrogen) atoms. The maximum Gasteiger partial charge on any atom is 0.387 e. The number of alkyl halides is 2. The normalized spacial score (nSPS) is 21.9. The number of hydrogen-bond donors (Lipinski definition) is 1. The third kappa shape index (κ3) is 3.27. The highest BCUT2D eigenvalue weighted by molar-refractivity contribution is 5.30. The molecule has 0 amide bonds. The average Bonchev–Trinajstić information content (AvgIpc) is 3.26. The molecule has 110 valence electrons. The zero-order chi connectivity index (χ0) is 13.9. The number of rotatable bonds is 5. The molecule has 1 aliphatic heterocycles. The Bertz CT molecular complexity index is 428. The summed E-state index contributed by atoms with van der Waals surface area (Å²) in [4.78, 5) is 2.51. The Morgan fingerprint density at radius 3 is 2.30 bits per heavy atom. The third-order valence-corrected chi connectivity index (χ3v) is 4.06. The quantitative estimate of drug-likeness (QED) is 0.898. The van der Waals surface area contributed by atoms with Gasteiger partial charge in [0.1, 0.15) is 5.75 Å². The van der Waals surface area contributed by atoms with Crippen molar-refractivity contribution in [1.82, 2.24) is 10.2 Å². The number of piperazine rings is 1. The molecule has 1 heterocycles. The van der Waals surface area contributed by atoms with Crippen molar-refractivity contribution in [1.29, 1.82) is 0 Å². The molecule has 2 aliphatic rings. The summed E-state index contributed by atoms with van der Waals surface area (Å²) in [6, 6.07) is 7.60. The van der Waals surface area contributed by atoms with Crippen molar-refractivity contribution in [2.45, 2.75) is 25.5 Å².